The standard InChI is InChI=1S/C28H26BrFN4O4/c1-17(2)25(33-27(35)21-6-4-5-7-23(21)30)28(36)34-32-15-20-12-22(29)26(24(13-20)37-3)38-16-19-10-8-18(14-31)9-11-19/h4-13,15,17,25H,16H2,1-3H3,(H,33,35)(H,34,36)/b32-15+. The van der Waals surface area contributed by atoms with Gasteiger partial charge in [-0.2, -0.15) is 10.4 Å². The van der Waals surface area contributed by atoms with Gasteiger partial charge in [-0.15, -0.1) is 0 Å². The van der Waals surface area contributed by atoms with Crippen LogP contribution in [0.15, 0.2) is 70.2 Å². The second-order valence-electron chi connectivity index (χ2n) is 8.54. The van der Waals surface area contributed by atoms with Crippen molar-refractivity contribution < 1.29 is 23.5 Å². The molecule has 1 unspecified atom stereocenters. The molecule has 8 nitrogen and oxygen atoms in total. The number of nitriles is 1. The zero-order valence-electron chi connectivity index (χ0n) is 21.0. The van der Waals surface area contributed by atoms with E-state index in [0.717, 1.165) is 5.56 Å². The number of rotatable bonds is 10. The molecule has 0 saturated heterocycles. The van der Waals surface area contributed by atoms with E-state index in [2.05, 4.69) is 37.8 Å². The van der Waals surface area contributed by atoms with Gasteiger partial charge in [0.05, 0.1) is 35.0 Å². The van der Waals surface area contributed by atoms with Crippen LogP contribution in [0.2, 0.25) is 0 Å². The van der Waals surface area contributed by atoms with Gasteiger partial charge in [0.2, 0.25) is 0 Å². The first-order valence-electron chi connectivity index (χ1n) is 11.6. The topological polar surface area (TPSA) is 113 Å². The smallest absolute Gasteiger partial charge is 0.262 e. The molecule has 2 amide bonds. The summed E-state index contributed by atoms with van der Waals surface area (Å²) in [6.45, 7) is 3.78. The van der Waals surface area contributed by atoms with Crippen molar-refractivity contribution in [2.45, 2.75) is 26.5 Å². The molecule has 10 heteroatoms. The highest BCUT2D eigenvalue weighted by molar-refractivity contribution is 9.10. The average molecular weight is 581 g/mol. The van der Waals surface area contributed by atoms with Gasteiger partial charge in [-0.05, 0) is 69.4 Å². The lowest BCUT2D eigenvalue weighted by molar-refractivity contribution is -0.123. The fraction of sp³-hybridized carbons (Fsp3) is 0.214. The van der Waals surface area contributed by atoms with Crippen molar-refractivity contribution in [1.29, 1.82) is 5.26 Å². The van der Waals surface area contributed by atoms with E-state index in [4.69, 9.17) is 14.7 Å². The van der Waals surface area contributed by atoms with Crippen LogP contribution < -0.4 is 20.2 Å². The minimum Gasteiger partial charge on any atom is -0.493 e. The van der Waals surface area contributed by atoms with Crippen molar-refractivity contribution in [2.75, 3.05) is 7.11 Å². The van der Waals surface area contributed by atoms with Crippen LogP contribution in [0.1, 0.15) is 40.9 Å². The number of methoxy groups -OCH3 is 1. The molecule has 0 aromatic heterocycles. The van der Waals surface area contributed by atoms with Crippen LogP contribution in [0.25, 0.3) is 0 Å². The van der Waals surface area contributed by atoms with Crippen LogP contribution in [0.5, 0.6) is 11.5 Å². The number of hydrogen-bond donors (Lipinski definition) is 2. The summed E-state index contributed by atoms with van der Waals surface area (Å²) in [5, 5.41) is 15.5. The molecule has 0 spiro atoms. The molecule has 3 aromatic carbocycles. The molecule has 3 rings (SSSR count). The fourth-order valence-electron chi connectivity index (χ4n) is 3.42. The summed E-state index contributed by atoms with van der Waals surface area (Å²) < 4.78 is 25.9. The number of carbonyl (C=O) groups is 2. The van der Waals surface area contributed by atoms with Crippen molar-refractivity contribution in [3.63, 3.8) is 0 Å². The van der Waals surface area contributed by atoms with E-state index in [0.29, 0.717) is 27.1 Å². The summed E-state index contributed by atoms with van der Waals surface area (Å²) >= 11 is 3.48. The van der Waals surface area contributed by atoms with Crippen LogP contribution in [-0.2, 0) is 11.4 Å². The molecular weight excluding hydrogens is 555 g/mol. The maximum absolute atomic E-state index is 14.0. The molecule has 1 atom stereocenters. The first-order chi connectivity index (χ1) is 18.2. The lowest BCUT2D eigenvalue weighted by Crippen LogP contribution is -2.48. The zero-order valence-corrected chi connectivity index (χ0v) is 22.6. The van der Waals surface area contributed by atoms with E-state index in [1.165, 1.54) is 31.5 Å². The Morgan fingerprint density at radius 3 is 2.50 bits per heavy atom. The molecule has 0 saturated carbocycles. The molecule has 196 valence electrons. The maximum atomic E-state index is 14.0. The van der Waals surface area contributed by atoms with Gasteiger partial charge in [0.15, 0.2) is 11.5 Å². The largest absolute Gasteiger partial charge is 0.493 e. The number of nitrogens with one attached hydrogen (secondary N) is 2. The van der Waals surface area contributed by atoms with Crippen molar-refractivity contribution in [3.05, 3.63) is 93.2 Å². The molecule has 0 aliphatic rings. The Balaban J connectivity index is 1.66. The average Bonchev–Trinajstić information content (AvgIpc) is 2.91. The van der Waals surface area contributed by atoms with Gasteiger partial charge in [0.25, 0.3) is 11.8 Å². The number of nitrogens with zero attached hydrogens (tertiary/aromatic N) is 2. The first kappa shape index (κ1) is 28.3. The summed E-state index contributed by atoms with van der Waals surface area (Å²) in [5.74, 6) is -1.26. The van der Waals surface area contributed by atoms with Crippen molar-refractivity contribution in [1.82, 2.24) is 10.7 Å². The predicted molar refractivity (Wildman–Crippen MR) is 144 cm³/mol. The summed E-state index contributed by atoms with van der Waals surface area (Å²) in [6.07, 6.45) is 1.42. The minimum absolute atomic E-state index is 0.145. The number of amides is 2. The molecular formula is C28H26BrFN4O4. The van der Waals surface area contributed by atoms with Crippen molar-refractivity contribution in [2.24, 2.45) is 11.0 Å². The highest BCUT2D eigenvalue weighted by Crippen LogP contribution is 2.36. The number of hydrazone groups is 1. The minimum atomic E-state index is -0.932. The lowest BCUT2D eigenvalue weighted by atomic mass is 10.0. The van der Waals surface area contributed by atoms with E-state index in [1.807, 2.05) is 12.1 Å². The van der Waals surface area contributed by atoms with Gasteiger partial charge in [-0.25, -0.2) is 9.82 Å². The maximum Gasteiger partial charge on any atom is 0.262 e. The van der Waals surface area contributed by atoms with E-state index in [9.17, 15) is 14.0 Å². The Bertz CT molecular complexity index is 1370. The van der Waals surface area contributed by atoms with Crippen LogP contribution in [0, 0.1) is 23.1 Å². The SMILES string of the molecule is COc1cc(/C=N/NC(=O)C(NC(=O)c2ccccc2F)C(C)C)cc(Br)c1OCc1ccc(C#N)cc1. The molecule has 38 heavy (non-hydrogen) atoms. The number of hydrogen-bond acceptors (Lipinski definition) is 6. The number of carbonyl (C=O) groups excluding carboxylic acids is 2. The Hall–Kier alpha value is -4.23. The van der Waals surface area contributed by atoms with Gasteiger partial charge in [0, 0.05) is 0 Å². The van der Waals surface area contributed by atoms with Crippen LogP contribution in [0.4, 0.5) is 4.39 Å². The fourth-order valence-corrected chi connectivity index (χ4v) is 4.00. The molecule has 0 radical (unpaired) electrons. The van der Waals surface area contributed by atoms with Crippen LogP contribution in [0.3, 0.4) is 0 Å². The van der Waals surface area contributed by atoms with Crippen LogP contribution >= 0.6 is 15.9 Å². The van der Waals surface area contributed by atoms with E-state index in [1.54, 1.807) is 44.2 Å². The van der Waals surface area contributed by atoms with Gasteiger partial charge < -0.3 is 14.8 Å². The zero-order chi connectivity index (χ0) is 27.7. The molecule has 2 N–H and O–H groups in total. The predicted octanol–water partition coefficient (Wildman–Crippen LogP) is 4.95. The second kappa shape index (κ2) is 13.4. The number of halogens is 2. The quantitative estimate of drug-likeness (QED) is 0.260. The molecule has 0 heterocycles. The van der Waals surface area contributed by atoms with Crippen LogP contribution in [-0.4, -0.2) is 31.2 Å². The molecule has 3 aromatic rings. The van der Waals surface area contributed by atoms with Crippen molar-refractivity contribution >= 4 is 34.0 Å². The molecule has 0 fully saturated rings. The van der Waals surface area contributed by atoms with Gasteiger partial charge in [0.1, 0.15) is 18.5 Å². The molecule has 0 bridgehead atoms. The van der Waals surface area contributed by atoms with Gasteiger partial charge >= 0.3 is 0 Å². The Morgan fingerprint density at radius 1 is 1.16 bits per heavy atom. The summed E-state index contributed by atoms with van der Waals surface area (Å²) in [6, 6.07) is 17.2. The first-order valence-corrected chi connectivity index (χ1v) is 12.4. The van der Waals surface area contributed by atoms with E-state index in [-0.39, 0.29) is 18.1 Å². The second-order valence-corrected chi connectivity index (χ2v) is 9.40. The van der Waals surface area contributed by atoms with Gasteiger partial charge in [-0.3, -0.25) is 9.59 Å². The third-order valence-corrected chi connectivity index (χ3v) is 6.05. The monoisotopic (exact) mass is 580 g/mol. The van der Waals surface area contributed by atoms with E-state index < -0.39 is 23.7 Å². The normalized spacial score (nSPS) is 11.6. The Morgan fingerprint density at radius 2 is 1.87 bits per heavy atom. The molecule has 0 aliphatic heterocycles. The van der Waals surface area contributed by atoms with Gasteiger partial charge in [-0.1, -0.05) is 38.1 Å². The highest BCUT2D eigenvalue weighted by Gasteiger charge is 2.25. The highest BCUT2D eigenvalue weighted by atomic mass is 79.9. The van der Waals surface area contributed by atoms with E-state index >= 15 is 0 Å². The summed E-state index contributed by atoms with van der Waals surface area (Å²) in [5.41, 5.74) is 4.33. The lowest BCUT2D eigenvalue weighted by Gasteiger charge is -2.20. The molecule has 0 aliphatic carbocycles. The number of ether oxygens (including phenoxy) is 2. The Labute approximate surface area is 228 Å². The Kier molecular flexibility index (Phi) is 9.96. The third-order valence-electron chi connectivity index (χ3n) is 5.46. The summed E-state index contributed by atoms with van der Waals surface area (Å²) in [7, 11) is 1.50. The van der Waals surface area contributed by atoms with Crippen molar-refractivity contribution in [3.8, 4) is 17.6 Å². The number of benzene rings is 3. The third kappa shape index (κ3) is 7.40. The summed E-state index contributed by atoms with van der Waals surface area (Å²) in [4.78, 5) is 25.2.